The predicted octanol–water partition coefficient (Wildman–Crippen LogP) is -1.35. The second-order valence-electron chi connectivity index (χ2n) is 20.9. The van der Waals surface area contributed by atoms with Gasteiger partial charge in [-0.25, -0.2) is 0 Å². The van der Waals surface area contributed by atoms with Crippen molar-refractivity contribution < 1.29 is 68.9 Å². The maximum absolute atomic E-state index is 14.5. The lowest BCUT2D eigenvalue weighted by molar-refractivity contribution is -0.149. The number of rotatable bonds is 23. The van der Waals surface area contributed by atoms with Gasteiger partial charge in [-0.05, 0) is 81.5 Å². The zero-order valence-electron chi connectivity index (χ0n) is 44.2. The van der Waals surface area contributed by atoms with Crippen molar-refractivity contribution in [3.8, 4) is 5.75 Å². The summed E-state index contributed by atoms with van der Waals surface area (Å²) in [4.78, 5) is 102. The molecule has 4 rings (SSSR count). The number of phenols is 1. The first-order chi connectivity index (χ1) is 35.7. The first kappa shape index (κ1) is 62.5. The van der Waals surface area contributed by atoms with Crippen molar-refractivity contribution in [2.75, 3.05) is 32.8 Å². The summed E-state index contributed by atoms with van der Waals surface area (Å²) in [5.41, 5.74) is 12.1. The van der Waals surface area contributed by atoms with E-state index in [4.69, 9.17) is 16.2 Å². The molecule has 0 radical (unpaired) electrons. The summed E-state index contributed by atoms with van der Waals surface area (Å²) < 4.78 is 5.75. The number of amides is 7. The summed E-state index contributed by atoms with van der Waals surface area (Å²) in [5.74, 6) is -5.24. The summed E-state index contributed by atoms with van der Waals surface area (Å²) in [7, 11) is 0. The van der Waals surface area contributed by atoms with E-state index in [1.807, 2.05) is 0 Å². The van der Waals surface area contributed by atoms with E-state index in [1.165, 1.54) is 25.5 Å². The fourth-order valence-corrected chi connectivity index (χ4v) is 10.1. The van der Waals surface area contributed by atoms with Gasteiger partial charge in [-0.1, -0.05) is 77.8 Å². The van der Waals surface area contributed by atoms with Crippen LogP contribution in [-0.4, -0.2) is 188 Å². The molecule has 1 aromatic carbocycles. The lowest BCUT2D eigenvalue weighted by Crippen LogP contribution is -2.62. The number of hydrogen-bond donors (Lipinski definition) is 13. The minimum absolute atomic E-state index is 0.00539. The topological polar surface area (TPSA) is 369 Å². The maximum atomic E-state index is 14.5. The summed E-state index contributed by atoms with van der Waals surface area (Å²) in [6.07, 6.45) is -2.11. The Morgan fingerprint density at radius 2 is 1.41 bits per heavy atom. The van der Waals surface area contributed by atoms with Crippen LogP contribution in [-0.2, 0) is 44.7 Å². The molecule has 15 N–H and O–H groups in total. The van der Waals surface area contributed by atoms with Crippen molar-refractivity contribution in [1.29, 1.82) is 0 Å². The number of phenolic OH excluding ortho intramolecular Hbond substituents is 1. The molecule has 3 aliphatic heterocycles. The fourth-order valence-electron chi connectivity index (χ4n) is 10.1. The normalized spacial score (nSPS) is 28.2. The number of fused-ring (bicyclic) bond motifs is 2. The smallest absolute Gasteiger partial charge is 0.248 e. The van der Waals surface area contributed by atoms with Crippen molar-refractivity contribution in [1.82, 2.24) is 36.4 Å². The van der Waals surface area contributed by atoms with Gasteiger partial charge in [0.05, 0.1) is 31.0 Å². The van der Waals surface area contributed by atoms with Crippen LogP contribution in [0.25, 0.3) is 0 Å². The molecule has 14 unspecified atom stereocenters. The third-order valence-electron chi connectivity index (χ3n) is 14.6. The van der Waals surface area contributed by atoms with E-state index < -0.39 is 127 Å². The zero-order chi connectivity index (χ0) is 55.4. The highest BCUT2D eigenvalue weighted by Crippen LogP contribution is 2.25. The van der Waals surface area contributed by atoms with Crippen LogP contribution in [0, 0.1) is 11.8 Å². The minimum atomic E-state index is -1.82. The standard InChI is InChI=1S/C52H87N9O14/c1-5-30(2)26-31(3)12-10-8-6-7-9-11-13-42(68)55-37-28-41(67)50(75-25-23-54)59-49(72)45-40(66)21-24-60(45)52(74)44(39(65)20-22-53)58-46(69)36(19-16-33-14-17-34(63)18-15-33)56-48(71)38-27-35(64)29-61(38)51(73)43(32(4)62)57-47(37)70/h14-15,17-18,30-32,35-41,43-45,50,62-67H,5-13,16,19-29,53-54H2,1-4H3,(H,55,68)(H,56,71)(H,57,70)(H,58,69)(H,59,72). The Labute approximate surface area is 440 Å². The number of nitrogens with two attached hydrogens (primary N) is 2. The molecule has 23 nitrogen and oxygen atoms in total. The second kappa shape index (κ2) is 31.3. The van der Waals surface area contributed by atoms with E-state index in [-0.39, 0.29) is 70.5 Å². The van der Waals surface area contributed by atoms with Crippen molar-refractivity contribution in [2.24, 2.45) is 23.3 Å². The highest BCUT2D eigenvalue weighted by Gasteiger charge is 2.48. The predicted molar refractivity (Wildman–Crippen MR) is 275 cm³/mol. The minimum Gasteiger partial charge on any atom is -0.508 e. The Balaban J connectivity index is 1.69. The Hall–Kier alpha value is -5.01. The summed E-state index contributed by atoms with van der Waals surface area (Å²) in [5, 5.41) is 78.9. The molecular weight excluding hydrogens is 975 g/mol. The molecule has 0 aliphatic carbocycles. The molecule has 75 heavy (non-hydrogen) atoms. The van der Waals surface area contributed by atoms with E-state index in [1.54, 1.807) is 12.1 Å². The molecule has 0 aromatic heterocycles. The number of aliphatic hydroxyl groups is 5. The van der Waals surface area contributed by atoms with Gasteiger partial charge < -0.3 is 83.2 Å². The van der Waals surface area contributed by atoms with Crippen molar-refractivity contribution in [2.45, 2.75) is 203 Å². The SMILES string of the molecule is CCC(C)CC(C)CCCCCCCCC(=O)NC1CC(O)C(OCCN)NC(=O)C2C(O)CCN2C(=O)C(C(O)CCN)NC(=O)C(CCc2ccc(O)cc2)NC(=O)C2CC(O)CN2C(=O)C(C(C)O)NC1=O. The molecule has 7 amide bonds. The number of ether oxygens (including phenoxy) is 1. The summed E-state index contributed by atoms with van der Waals surface area (Å²) in [6, 6.07) is -3.84. The summed E-state index contributed by atoms with van der Waals surface area (Å²) in [6.45, 7) is 6.80. The summed E-state index contributed by atoms with van der Waals surface area (Å²) >= 11 is 0. The van der Waals surface area contributed by atoms with Crippen LogP contribution in [0.3, 0.4) is 0 Å². The van der Waals surface area contributed by atoms with Gasteiger partial charge in [-0.2, -0.15) is 0 Å². The average molecular weight is 1060 g/mol. The third kappa shape index (κ3) is 19.2. The van der Waals surface area contributed by atoms with Gasteiger partial charge in [0.15, 0.2) is 6.23 Å². The van der Waals surface area contributed by atoms with E-state index in [0.29, 0.717) is 23.8 Å². The lowest BCUT2D eigenvalue weighted by atomic mass is 9.91. The highest BCUT2D eigenvalue weighted by atomic mass is 16.5. The van der Waals surface area contributed by atoms with Gasteiger partial charge in [0.1, 0.15) is 48.1 Å². The third-order valence-corrected chi connectivity index (χ3v) is 14.6. The molecule has 0 saturated carbocycles. The van der Waals surface area contributed by atoms with E-state index in [2.05, 4.69) is 47.4 Å². The van der Waals surface area contributed by atoms with Gasteiger partial charge in [0, 0.05) is 38.9 Å². The monoisotopic (exact) mass is 1060 g/mol. The molecule has 3 fully saturated rings. The van der Waals surface area contributed by atoms with Gasteiger partial charge in [-0.3, -0.25) is 33.6 Å². The Kier molecular flexibility index (Phi) is 26.1. The molecule has 3 aliphatic rings. The lowest BCUT2D eigenvalue weighted by Gasteiger charge is -2.34. The quantitative estimate of drug-likeness (QED) is 0.0564. The number of aryl methyl sites for hydroxylation is 1. The molecule has 3 heterocycles. The number of aliphatic hydroxyl groups excluding tert-OH is 5. The number of hydrogen-bond acceptors (Lipinski definition) is 16. The molecule has 1 aromatic rings. The number of benzene rings is 1. The number of nitrogens with zero attached hydrogens (tertiary/aromatic N) is 2. The Morgan fingerprint density at radius 1 is 0.760 bits per heavy atom. The molecule has 424 valence electrons. The van der Waals surface area contributed by atoms with Crippen LogP contribution in [0.1, 0.15) is 130 Å². The van der Waals surface area contributed by atoms with Crippen LogP contribution in [0.15, 0.2) is 24.3 Å². The number of aromatic hydroxyl groups is 1. The zero-order valence-corrected chi connectivity index (χ0v) is 44.2. The maximum Gasteiger partial charge on any atom is 0.248 e. The van der Waals surface area contributed by atoms with Crippen molar-refractivity contribution in [3.05, 3.63) is 29.8 Å². The second-order valence-corrected chi connectivity index (χ2v) is 20.9. The number of carbonyl (C=O) groups excluding carboxylic acids is 7. The van der Waals surface area contributed by atoms with Crippen LogP contribution in [0.2, 0.25) is 0 Å². The average Bonchev–Trinajstić information content (AvgIpc) is 3.97. The van der Waals surface area contributed by atoms with Crippen molar-refractivity contribution >= 4 is 41.4 Å². The van der Waals surface area contributed by atoms with Gasteiger partial charge in [0.2, 0.25) is 41.4 Å². The largest absolute Gasteiger partial charge is 0.508 e. The van der Waals surface area contributed by atoms with E-state index >= 15 is 0 Å². The molecule has 23 heteroatoms. The van der Waals surface area contributed by atoms with E-state index in [9.17, 15) is 64.2 Å². The first-order valence-electron chi connectivity index (χ1n) is 27.0. The van der Waals surface area contributed by atoms with Gasteiger partial charge >= 0.3 is 0 Å². The van der Waals surface area contributed by atoms with Crippen LogP contribution >= 0.6 is 0 Å². The van der Waals surface area contributed by atoms with Gasteiger partial charge in [0.25, 0.3) is 0 Å². The first-order valence-corrected chi connectivity index (χ1v) is 27.0. The molecule has 14 atom stereocenters. The molecule has 0 spiro atoms. The fraction of sp³-hybridized carbons (Fsp3) is 0.750. The van der Waals surface area contributed by atoms with Crippen molar-refractivity contribution in [3.63, 3.8) is 0 Å². The van der Waals surface area contributed by atoms with Crippen LogP contribution < -0.4 is 38.1 Å². The molecule has 0 bridgehead atoms. The highest BCUT2D eigenvalue weighted by molar-refractivity contribution is 5.98. The van der Waals surface area contributed by atoms with Gasteiger partial charge in [-0.15, -0.1) is 0 Å². The number of unbranched alkanes of at least 4 members (excludes halogenated alkanes) is 5. The molecular formula is C52H87N9O14. The van der Waals surface area contributed by atoms with Crippen LogP contribution in [0.5, 0.6) is 5.75 Å². The Bertz CT molecular complexity index is 2000. The van der Waals surface area contributed by atoms with Crippen LogP contribution in [0.4, 0.5) is 0 Å². The molecule has 3 saturated heterocycles. The number of carbonyl (C=O) groups is 7. The Morgan fingerprint density at radius 3 is 2.07 bits per heavy atom. The van der Waals surface area contributed by atoms with E-state index in [0.717, 1.165) is 54.7 Å². The number of nitrogens with one attached hydrogen (secondary N) is 5.